The molecular weight excluding hydrogens is 240 g/mol. The van der Waals surface area contributed by atoms with E-state index in [1.807, 2.05) is 24.1 Å². The minimum Gasteiger partial charge on any atom is -0.355 e. The highest BCUT2D eigenvalue weighted by Crippen LogP contribution is 2.16. The van der Waals surface area contributed by atoms with E-state index in [1.165, 1.54) is 0 Å². The Hall–Kier alpha value is -1.46. The number of pyridine rings is 1. The molecule has 1 atom stereocenters. The smallest absolute Gasteiger partial charge is 0.234 e. The third kappa shape index (κ3) is 5.36. The van der Waals surface area contributed by atoms with E-state index in [2.05, 4.69) is 24.1 Å². The number of hydrogen-bond donors (Lipinski definition) is 2. The van der Waals surface area contributed by atoms with E-state index in [-0.39, 0.29) is 11.9 Å². The number of carbonyl (C=O) groups is 1. The molecule has 0 aromatic carbocycles. The van der Waals surface area contributed by atoms with Crippen molar-refractivity contribution in [3.8, 4) is 0 Å². The van der Waals surface area contributed by atoms with Crippen LogP contribution in [0, 0.1) is 5.92 Å². The number of nitrogens with one attached hydrogen (secondary N) is 1. The second-order valence-corrected chi connectivity index (χ2v) is 5.15. The van der Waals surface area contributed by atoms with Crippen LogP contribution in [0.4, 0.5) is 0 Å². The second kappa shape index (κ2) is 7.86. The Balaban J connectivity index is 2.55. The van der Waals surface area contributed by atoms with Gasteiger partial charge in [0.05, 0.1) is 6.54 Å². The first-order valence-corrected chi connectivity index (χ1v) is 6.61. The molecule has 0 spiro atoms. The number of amides is 1. The number of likely N-dealkylation sites (N-methyl/N-ethyl adjacent to an activating group) is 1. The highest BCUT2D eigenvalue weighted by molar-refractivity contribution is 5.78. The number of rotatable bonds is 7. The molecule has 3 N–H and O–H groups in total. The summed E-state index contributed by atoms with van der Waals surface area (Å²) in [7, 11) is 1.91. The van der Waals surface area contributed by atoms with Crippen molar-refractivity contribution < 1.29 is 4.79 Å². The maximum atomic E-state index is 11.8. The molecule has 0 aliphatic carbocycles. The lowest BCUT2D eigenvalue weighted by Crippen LogP contribution is -2.40. The van der Waals surface area contributed by atoms with Crippen LogP contribution < -0.4 is 11.1 Å². The average molecular weight is 264 g/mol. The molecule has 106 valence electrons. The van der Waals surface area contributed by atoms with Gasteiger partial charge in [-0.05, 0) is 30.7 Å². The van der Waals surface area contributed by atoms with Crippen molar-refractivity contribution in [2.24, 2.45) is 11.7 Å². The highest BCUT2D eigenvalue weighted by Gasteiger charge is 2.17. The first-order valence-electron chi connectivity index (χ1n) is 6.61. The van der Waals surface area contributed by atoms with E-state index in [9.17, 15) is 4.79 Å². The Bertz CT molecular complexity index is 380. The molecule has 1 unspecified atom stereocenters. The van der Waals surface area contributed by atoms with Gasteiger partial charge in [-0.3, -0.25) is 14.7 Å². The molecule has 0 saturated carbocycles. The summed E-state index contributed by atoms with van der Waals surface area (Å²) in [6.45, 7) is 5.66. The first-order chi connectivity index (χ1) is 9.04. The van der Waals surface area contributed by atoms with E-state index in [4.69, 9.17) is 5.73 Å². The molecule has 0 aliphatic rings. The molecule has 1 aromatic heterocycles. The minimum atomic E-state index is 0.0312. The lowest BCUT2D eigenvalue weighted by Gasteiger charge is -2.26. The van der Waals surface area contributed by atoms with Gasteiger partial charge in [0, 0.05) is 31.5 Å². The molecule has 0 aliphatic heterocycles. The van der Waals surface area contributed by atoms with Gasteiger partial charge in [0.15, 0.2) is 0 Å². The lowest BCUT2D eigenvalue weighted by atomic mass is 10.1. The van der Waals surface area contributed by atoms with Gasteiger partial charge in [-0.1, -0.05) is 13.8 Å². The Labute approximate surface area is 115 Å². The Morgan fingerprint density at radius 2 is 2.05 bits per heavy atom. The van der Waals surface area contributed by atoms with E-state index >= 15 is 0 Å². The van der Waals surface area contributed by atoms with Crippen molar-refractivity contribution in [3.05, 3.63) is 30.1 Å². The molecule has 1 aromatic rings. The summed E-state index contributed by atoms with van der Waals surface area (Å²) in [6, 6.07) is 3.90. The van der Waals surface area contributed by atoms with Gasteiger partial charge in [0.25, 0.3) is 0 Å². The van der Waals surface area contributed by atoms with Gasteiger partial charge in [0.1, 0.15) is 0 Å². The quantitative estimate of drug-likeness (QED) is 0.763. The fourth-order valence-corrected chi connectivity index (χ4v) is 1.87. The van der Waals surface area contributed by atoms with Crippen molar-refractivity contribution in [2.45, 2.75) is 19.9 Å². The van der Waals surface area contributed by atoms with Crippen LogP contribution >= 0.6 is 0 Å². The normalized spacial score (nSPS) is 12.7. The third-order valence-electron chi connectivity index (χ3n) is 2.95. The van der Waals surface area contributed by atoms with E-state index in [1.54, 1.807) is 12.4 Å². The van der Waals surface area contributed by atoms with Crippen LogP contribution in [0.15, 0.2) is 24.5 Å². The van der Waals surface area contributed by atoms with Gasteiger partial charge in [-0.15, -0.1) is 0 Å². The zero-order valence-electron chi connectivity index (χ0n) is 12.0. The van der Waals surface area contributed by atoms with Gasteiger partial charge in [-0.2, -0.15) is 0 Å². The lowest BCUT2D eigenvalue weighted by molar-refractivity contribution is -0.122. The van der Waals surface area contributed by atoms with Gasteiger partial charge in [0.2, 0.25) is 5.91 Å². The Morgan fingerprint density at radius 1 is 1.42 bits per heavy atom. The average Bonchev–Trinajstić information content (AvgIpc) is 2.38. The topological polar surface area (TPSA) is 71.2 Å². The summed E-state index contributed by atoms with van der Waals surface area (Å²) in [6.07, 6.45) is 3.48. The first kappa shape index (κ1) is 15.6. The SMILES string of the molecule is CC(C)CNC(=O)CN(C)C(CN)c1ccncc1. The fourth-order valence-electron chi connectivity index (χ4n) is 1.87. The maximum Gasteiger partial charge on any atom is 0.234 e. The van der Waals surface area contributed by atoms with Crippen molar-refractivity contribution >= 4 is 5.91 Å². The van der Waals surface area contributed by atoms with Crippen LogP contribution in [0.2, 0.25) is 0 Å². The number of hydrogen-bond acceptors (Lipinski definition) is 4. The van der Waals surface area contributed by atoms with Gasteiger partial charge < -0.3 is 11.1 Å². The van der Waals surface area contributed by atoms with Crippen LogP contribution in [0.1, 0.15) is 25.5 Å². The Morgan fingerprint density at radius 3 is 2.58 bits per heavy atom. The van der Waals surface area contributed by atoms with Crippen LogP contribution in [0.5, 0.6) is 0 Å². The molecule has 5 nitrogen and oxygen atoms in total. The van der Waals surface area contributed by atoms with E-state index < -0.39 is 0 Å². The van der Waals surface area contributed by atoms with Crippen molar-refractivity contribution in [3.63, 3.8) is 0 Å². The summed E-state index contributed by atoms with van der Waals surface area (Å²) in [4.78, 5) is 17.8. The molecule has 1 amide bonds. The third-order valence-corrected chi connectivity index (χ3v) is 2.95. The number of carbonyl (C=O) groups excluding carboxylic acids is 1. The molecular formula is C14H24N4O. The predicted molar refractivity (Wildman–Crippen MR) is 76.5 cm³/mol. The molecule has 0 radical (unpaired) electrons. The summed E-state index contributed by atoms with van der Waals surface area (Å²) in [5.74, 6) is 0.489. The van der Waals surface area contributed by atoms with Crippen LogP contribution in [0.3, 0.4) is 0 Å². The second-order valence-electron chi connectivity index (χ2n) is 5.15. The van der Waals surface area contributed by atoms with Crippen LogP contribution in [-0.4, -0.2) is 42.5 Å². The molecule has 0 fully saturated rings. The molecule has 5 heteroatoms. The Kier molecular flexibility index (Phi) is 6.45. The zero-order valence-corrected chi connectivity index (χ0v) is 12.0. The van der Waals surface area contributed by atoms with Gasteiger partial charge >= 0.3 is 0 Å². The van der Waals surface area contributed by atoms with Crippen molar-refractivity contribution in [2.75, 3.05) is 26.7 Å². The summed E-state index contributed by atoms with van der Waals surface area (Å²) in [5, 5.41) is 2.91. The summed E-state index contributed by atoms with van der Waals surface area (Å²) in [5.41, 5.74) is 6.89. The largest absolute Gasteiger partial charge is 0.355 e. The number of nitrogens with zero attached hydrogens (tertiary/aromatic N) is 2. The van der Waals surface area contributed by atoms with Gasteiger partial charge in [-0.25, -0.2) is 0 Å². The molecule has 0 bridgehead atoms. The maximum absolute atomic E-state index is 11.8. The number of aromatic nitrogens is 1. The monoisotopic (exact) mass is 264 g/mol. The standard InChI is InChI=1S/C14H24N4O/c1-11(2)9-17-14(19)10-18(3)13(8-15)12-4-6-16-7-5-12/h4-7,11,13H,8-10,15H2,1-3H3,(H,17,19). The predicted octanol–water partition coefficient (Wildman–Crippen LogP) is 0.785. The molecule has 19 heavy (non-hydrogen) atoms. The summed E-state index contributed by atoms with van der Waals surface area (Å²) < 4.78 is 0. The molecule has 1 heterocycles. The number of nitrogens with two attached hydrogens (primary N) is 1. The highest BCUT2D eigenvalue weighted by atomic mass is 16.2. The van der Waals surface area contributed by atoms with Crippen molar-refractivity contribution in [1.29, 1.82) is 0 Å². The van der Waals surface area contributed by atoms with Crippen LogP contribution in [-0.2, 0) is 4.79 Å². The van der Waals surface area contributed by atoms with Crippen molar-refractivity contribution in [1.82, 2.24) is 15.2 Å². The van der Waals surface area contributed by atoms with Crippen LogP contribution in [0.25, 0.3) is 0 Å². The fraction of sp³-hybridized carbons (Fsp3) is 0.571. The van der Waals surface area contributed by atoms with E-state index in [0.717, 1.165) is 5.56 Å². The molecule has 1 rings (SSSR count). The van der Waals surface area contributed by atoms with E-state index in [0.29, 0.717) is 25.6 Å². The summed E-state index contributed by atoms with van der Waals surface area (Å²) >= 11 is 0. The zero-order chi connectivity index (χ0) is 14.3. The minimum absolute atomic E-state index is 0.0312. The molecule has 0 saturated heterocycles.